The van der Waals surface area contributed by atoms with Crippen molar-refractivity contribution in [2.24, 2.45) is 0 Å². The van der Waals surface area contributed by atoms with Gasteiger partial charge in [-0.15, -0.1) is 0 Å². The molecule has 0 radical (unpaired) electrons. The quantitative estimate of drug-likeness (QED) is 0.375. The Morgan fingerprint density at radius 1 is 0.645 bits per heavy atom. The van der Waals surface area contributed by atoms with E-state index < -0.39 is 0 Å². The van der Waals surface area contributed by atoms with Gasteiger partial charge in [-0.05, 0) is 62.8 Å². The molecule has 2 atom stereocenters. The minimum atomic E-state index is 0.0193. The predicted octanol–water partition coefficient (Wildman–Crippen LogP) is 8.59. The van der Waals surface area contributed by atoms with Crippen LogP contribution in [0.25, 0.3) is 12.2 Å². The van der Waals surface area contributed by atoms with Crippen molar-refractivity contribution in [1.29, 1.82) is 0 Å². The zero-order valence-electron chi connectivity index (χ0n) is 21.0. The summed E-state index contributed by atoms with van der Waals surface area (Å²) in [5, 5.41) is 0. The summed E-state index contributed by atoms with van der Waals surface area (Å²) in [7, 11) is 0. The highest BCUT2D eigenvalue weighted by Crippen LogP contribution is 2.32. The Morgan fingerprint density at radius 2 is 0.968 bits per heavy atom. The third-order valence-corrected chi connectivity index (χ3v) is 6.53. The second kappa shape index (κ2) is 11.0. The molecule has 0 spiro atoms. The summed E-state index contributed by atoms with van der Waals surface area (Å²) in [6, 6.07) is 18.0. The van der Waals surface area contributed by atoms with E-state index in [-0.39, 0.29) is 10.8 Å². The van der Waals surface area contributed by atoms with Gasteiger partial charge in [0.1, 0.15) is 0 Å². The molecule has 0 bridgehead atoms. The van der Waals surface area contributed by atoms with Crippen LogP contribution in [0.4, 0.5) is 0 Å². The second-order valence-corrected chi connectivity index (χ2v) is 10.0. The fraction of sp³-hybridized carbons (Fsp3) is 0.467. The molecular weight excluding hydrogens is 376 g/mol. The molecule has 0 fully saturated rings. The molecule has 0 saturated heterocycles. The Bertz CT molecular complexity index is 802. The fourth-order valence-corrected chi connectivity index (χ4v) is 3.91. The molecule has 0 aliphatic carbocycles. The predicted molar refractivity (Wildman–Crippen MR) is 138 cm³/mol. The summed E-state index contributed by atoms with van der Waals surface area (Å²) in [6.45, 7) is 19.2. The summed E-state index contributed by atoms with van der Waals surface area (Å²) in [4.78, 5) is 0. The molecule has 1 nitrogen and oxygen atoms in total. The molecule has 31 heavy (non-hydrogen) atoms. The molecule has 0 amide bonds. The minimum Gasteiger partial charge on any atom is -0.380 e. The molecule has 1 heteroatoms. The molecule has 168 valence electrons. The molecule has 0 aliphatic heterocycles. The van der Waals surface area contributed by atoms with Gasteiger partial charge in [0.15, 0.2) is 0 Å². The lowest BCUT2D eigenvalue weighted by Gasteiger charge is -2.33. The van der Waals surface area contributed by atoms with Crippen LogP contribution in [0, 0.1) is 0 Å². The van der Waals surface area contributed by atoms with Crippen LogP contribution in [0.5, 0.6) is 0 Å². The molecule has 0 aromatic heterocycles. The third kappa shape index (κ3) is 6.94. The number of rotatable bonds is 10. The molecule has 0 saturated carbocycles. The number of ether oxygens (including phenoxy) is 1. The minimum absolute atomic E-state index is 0.0193. The zero-order valence-corrected chi connectivity index (χ0v) is 21.0. The molecule has 0 aliphatic rings. The average molecular weight is 419 g/mol. The van der Waals surface area contributed by atoms with Crippen LogP contribution in [0.3, 0.4) is 0 Å². The van der Waals surface area contributed by atoms with Crippen molar-refractivity contribution < 1.29 is 4.74 Å². The van der Waals surface area contributed by atoms with E-state index in [4.69, 9.17) is 4.74 Å². The normalized spacial score (nSPS) is 15.0. The van der Waals surface area contributed by atoms with E-state index in [1.807, 2.05) is 0 Å². The van der Waals surface area contributed by atoms with E-state index in [1.54, 1.807) is 0 Å². The van der Waals surface area contributed by atoms with Gasteiger partial charge in [0, 0.05) is 10.8 Å². The topological polar surface area (TPSA) is 9.23 Å². The molecule has 2 rings (SSSR count). The van der Waals surface area contributed by atoms with Crippen LogP contribution in [0.2, 0.25) is 0 Å². The molecular formula is C30H42O. The smallest absolute Gasteiger partial charge is 0.0560 e. The first kappa shape index (κ1) is 25.1. The largest absolute Gasteiger partial charge is 0.380 e. The summed E-state index contributed by atoms with van der Waals surface area (Å²) in [6.07, 6.45) is 6.54. The van der Waals surface area contributed by atoms with Crippen molar-refractivity contribution in [1.82, 2.24) is 0 Å². The van der Waals surface area contributed by atoms with Crippen LogP contribution >= 0.6 is 0 Å². The lowest BCUT2D eigenvalue weighted by Crippen LogP contribution is -2.33. The Hall–Kier alpha value is -2.12. The lowest BCUT2D eigenvalue weighted by molar-refractivity contribution is 0.0510. The van der Waals surface area contributed by atoms with Gasteiger partial charge in [-0.3, -0.25) is 0 Å². The van der Waals surface area contributed by atoms with Gasteiger partial charge in [0.25, 0.3) is 0 Å². The van der Waals surface area contributed by atoms with E-state index in [2.05, 4.69) is 116 Å². The Kier molecular flexibility index (Phi) is 8.89. The van der Waals surface area contributed by atoms with Gasteiger partial charge in [-0.2, -0.15) is 0 Å². The van der Waals surface area contributed by atoms with Gasteiger partial charge in [-0.25, -0.2) is 0 Å². The monoisotopic (exact) mass is 418 g/mol. The third-order valence-electron chi connectivity index (χ3n) is 6.53. The first-order chi connectivity index (χ1) is 14.6. The van der Waals surface area contributed by atoms with Crippen molar-refractivity contribution in [3.63, 3.8) is 0 Å². The lowest BCUT2D eigenvalue weighted by atomic mass is 9.79. The molecule has 0 N–H and O–H groups in total. The van der Waals surface area contributed by atoms with Crippen molar-refractivity contribution in [2.45, 2.75) is 79.1 Å². The molecule has 0 heterocycles. The number of allylic oxidation sites excluding steroid dienone is 2. The Labute approximate surface area is 191 Å². The highest BCUT2D eigenvalue weighted by atomic mass is 16.5. The van der Waals surface area contributed by atoms with Crippen molar-refractivity contribution in [2.75, 3.05) is 13.2 Å². The maximum atomic E-state index is 6.42. The van der Waals surface area contributed by atoms with Gasteiger partial charge >= 0.3 is 0 Å². The highest BCUT2D eigenvalue weighted by molar-refractivity contribution is 5.53. The maximum absolute atomic E-state index is 6.42. The number of hydrogen-bond acceptors (Lipinski definition) is 1. The molecule has 2 unspecified atom stereocenters. The first-order valence-corrected chi connectivity index (χ1v) is 11.7. The summed E-state index contributed by atoms with van der Waals surface area (Å²) >= 11 is 0. The van der Waals surface area contributed by atoms with E-state index in [9.17, 15) is 0 Å². The highest BCUT2D eigenvalue weighted by Gasteiger charge is 2.29. The SMILES string of the molecule is CCC(C)(COCC(C)(CC)c1ccc(C=C(C)C)cc1)c1ccc(C=C(C)C)cc1. The van der Waals surface area contributed by atoms with E-state index in [0.29, 0.717) is 0 Å². The van der Waals surface area contributed by atoms with Crippen molar-refractivity contribution >= 4 is 12.2 Å². The van der Waals surface area contributed by atoms with Gasteiger partial charge in [-0.1, -0.05) is 99.5 Å². The Morgan fingerprint density at radius 3 is 1.23 bits per heavy atom. The van der Waals surface area contributed by atoms with Crippen molar-refractivity contribution in [3.8, 4) is 0 Å². The average Bonchev–Trinajstić information content (AvgIpc) is 2.73. The second-order valence-electron chi connectivity index (χ2n) is 10.0. The maximum Gasteiger partial charge on any atom is 0.0560 e. The fourth-order valence-electron chi connectivity index (χ4n) is 3.91. The van der Waals surface area contributed by atoms with Gasteiger partial charge < -0.3 is 4.74 Å². The van der Waals surface area contributed by atoms with Crippen LogP contribution in [0.1, 0.15) is 90.5 Å². The van der Waals surface area contributed by atoms with E-state index in [1.165, 1.54) is 33.4 Å². The number of hydrogen-bond donors (Lipinski definition) is 0. The molecule has 2 aromatic carbocycles. The van der Waals surface area contributed by atoms with E-state index in [0.717, 1.165) is 26.1 Å². The van der Waals surface area contributed by atoms with Crippen LogP contribution in [-0.2, 0) is 15.6 Å². The van der Waals surface area contributed by atoms with Gasteiger partial charge in [0.05, 0.1) is 13.2 Å². The van der Waals surface area contributed by atoms with E-state index >= 15 is 0 Å². The summed E-state index contributed by atoms with van der Waals surface area (Å²) in [5.74, 6) is 0. The van der Waals surface area contributed by atoms with Crippen LogP contribution < -0.4 is 0 Å². The standard InChI is InChI=1S/C30H42O/c1-9-29(7,27-15-11-25(12-16-27)19-23(3)4)21-31-22-30(8,10-2)28-17-13-26(14-18-28)20-24(5)6/h11-20H,9-10,21-22H2,1-8H3. The summed E-state index contributed by atoms with van der Waals surface area (Å²) < 4.78 is 6.42. The first-order valence-electron chi connectivity index (χ1n) is 11.7. The zero-order chi connectivity index (χ0) is 23.1. The molecule has 2 aromatic rings. The van der Waals surface area contributed by atoms with Crippen LogP contribution in [-0.4, -0.2) is 13.2 Å². The Balaban J connectivity index is 2.10. The number of benzene rings is 2. The van der Waals surface area contributed by atoms with Crippen molar-refractivity contribution in [3.05, 3.63) is 81.9 Å². The van der Waals surface area contributed by atoms with Crippen LogP contribution in [0.15, 0.2) is 59.7 Å². The summed E-state index contributed by atoms with van der Waals surface area (Å²) in [5.41, 5.74) is 7.91. The van der Waals surface area contributed by atoms with Gasteiger partial charge in [0.2, 0.25) is 0 Å².